The van der Waals surface area contributed by atoms with Crippen molar-refractivity contribution < 1.29 is 28.6 Å². The molecule has 0 fully saturated rings. The molecule has 0 saturated carbocycles. The van der Waals surface area contributed by atoms with E-state index in [9.17, 15) is 14.4 Å². The summed E-state index contributed by atoms with van der Waals surface area (Å²) in [4.78, 5) is 38.2. The molecule has 0 aromatic carbocycles. The standard InChI is InChI=1S/C63H122O6/c1-7-58(5)50-44-38-32-26-20-15-13-11-9-10-12-14-16-22-30-36-42-48-54-63(66)69-60(56-68-62(65)53-47-41-35-29-24-23-27-33-39-45-51-59(6)8-2)55-67-61(64)52-46-40-34-28-21-18-17-19-25-31-37-43-49-57(3)4/h57-60H,7-56H2,1-6H3/t58?,59?,60-/m0/s1. The van der Waals surface area contributed by atoms with Crippen molar-refractivity contribution in [2.24, 2.45) is 17.8 Å². The lowest BCUT2D eigenvalue weighted by Gasteiger charge is -2.18. The van der Waals surface area contributed by atoms with Gasteiger partial charge in [-0.1, -0.05) is 311 Å². The van der Waals surface area contributed by atoms with Crippen LogP contribution in [0.25, 0.3) is 0 Å². The van der Waals surface area contributed by atoms with Gasteiger partial charge >= 0.3 is 17.9 Å². The summed E-state index contributed by atoms with van der Waals surface area (Å²) in [6.07, 6.45) is 58.0. The van der Waals surface area contributed by atoms with Gasteiger partial charge in [0.25, 0.3) is 0 Å². The number of ether oxygens (including phenoxy) is 3. The summed E-state index contributed by atoms with van der Waals surface area (Å²) < 4.78 is 16.9. The van der Waals surface area contributed by atoms with Gasteiger partial charge < -0.3 is 14.2 Å². The summed E-state index contributed by atoms with van der Waals surface area (Å²) in [5.41, 5.74) is 0. The van der Waals surface area contributed by atoms with Crippen molar-refractivity contribution in [2.75, 3.05) is 13.2 Å². The van der Waals surface area contributed by atoms with Crippen LogP contribution in [0.5, 0.6) is 0 Å². The van der Waals surface area contributed by atoms with Crippen molar-refractivity contribution >= 4 is 17.9 Å². The fourth-order valence-electron chi connectivity index (χ4n) is 9.64. The van der Waals surface area contributed by atoms with E-state index in [0.717, 1.165) is 75.5 Å². The average Bonchev–Trinajstić information content (AvgIpc) is 3.34. The molecule has 0 saturated heterocycles. The third-order valence-corrected chi connectivity index (χ3v) is 15.1. The Morgan fingerprint density at radius 2 is 0.507 bits per heavy atom. The Kier molecular flexibility index (Phi) is 52.9. The first-order valence-corrected chi connectivity index (χ1v) is 31.2. The van der Waals surface area contributed by atoms with Gasteiger partial charge in [0.05, 0.1) is 0 Å². The summed E-state index contributed by atoms with van der Waals surface area (Å²) in [6.45, 7) is 13.8. The lowest BCUT2D eigenvalue weighted by molar-refractivity contribution is -0.167. The molecule has 0 aromatic rings. The lowest BCUT2D eigenvalue weighted by Crippen LogP contribution is -2.30. The molecule has 0 N–H and O–H groups in total. The van der Waals surface area contributed by atoms with Crippen LogP contribution in [0.3, 0.4) is 0 Å². The number of hydrogen-bond acceptors (Lipinski definition) is 6. The van der Waals surface area contributed by atoms with E-state index in [0.29, 0.717) is 19.3 Å². The quantitative estimate of drug-likeness (QED) is 0.0343. The van der Waals surface area contributed by atoms with Crippen LogP contribution in [-0.4, -0.2) is 37.2 Å². The molecule has 0 aliphatic carbocycles. The van der Waals surface area contributed by atoms with Crippen LogP contribution < -0.4 is 0 Å². The Morgan fingerprint density at radius 1 is 0.290 bits per heavy atom. The Morgan fingerprint density at radius 3 is 0.754 bits per heavy atom. The molecule has 0 aromatic heterocycles. The highest BCUT2D eigenvalue weighted by Crippen LogP contribution is 2.20. The predicted octanol–water partition coefficient (Wildman–Crippen LogP) is 20.7. The van der Waals surface area contributed by atoms with Crippen LogP contribution in [-0.2, 0) is 28.6 Å². The zero-order chi connectivity index (χ0) is 50.5. The Labute approximate surface area is 431 Å². The molecule has 0 aliphatic heterocycles. The van der Waals surface area contributed by atoms with Crippen LogP contribution in [0.2, 0.25) is 0 Å². The fraction of sp³-hybridized carbons (Fsp3) is 0.952. The van der Waals surface area contributed by atoms with E-state index in [4.69, 9.17) is 14.2 Å². The van der Waals surface area contributed by atoms with Gasteiger partial charge in [-0.3, -0.25) is 14.4 Å². The van der Waals surface area contributed by atoms with Crippen LogP contribution in [0.1, 0.15) is 350 Å². The van der Waals surface area contributed by atoms with Crippen molar-refractivity contribution in [1.82, 2.24) is 0 Å². The lowest BCUT2D eigenvalue weighted by atomic mass is 9.99. The molecule has 0 heterocycles. The molecular formula is C63H122O6. The molecular weight excluding hydrogens is 853 g/mol. The zero-order valence-corrected chi connectivity index (χ0v) is 47.6. The van der Waals surface area contributed by atoms with Crippen molar-refractivity contribution in [3.05, 3.63) is 0 Å². The van der Waals surface area contributed by atoms with Crippen LogP contribution >= 0.6 is 0 Å². The molecule has 3 atom stereocenters. The normalized spacial score (nSPS) is 12.9. The zero-order valence-electron chi connectivity index (χ0n) is 47.6. The molecule has 410 valence electrons. The van der Waals surface area contributed by atoms with Crippen molar-refractivity contribution in [1.29, 1.82) is 0 Å². The van der Waals surface area contributed by atoms with Gasteiger partial charge in [-0.2, -0.15) is 0 Å². The maximum Gasteiger partial charge on any atom is 0.306 e. The topological polar surface area (TPSA) is 78.9 Å². The van der Waals surface area contributed by atoms with Crippen LogP contribution in [0.15, 0.2) is 0 Å². The van der Waals surface area contributed by atoms with Gasteiger partial charge in [0.2, 0.25) is 0 Å². The van der Waals surface area contributed by atoms with E-state index in [2.05, 4.69) is 41.5 Å². The van der Waals surface area contributed by atoms with E-state index in [-0.39, 0.29) is 31.1 Å². The molecule has 0 radical (unpaired) electrons. The first-order valence-electron chi connectivity index (χ1n) is 31.2. The van der Waals surface area contributed by atoms with Gasteiger partial charge in [0, 0.05) is 19.3 Å². The molecule has 2 unspecified atom stereocenters. The predicted molar refractivity (Wildman–Crippen MR) is 298 cm³/mol. The molecule has 0 aliphatic rings. The molecule has 0 rings (SSSR count). The maximum atomic E-state index is 12.9. The van der Waals surface area contributed by atoms with Gasteiger partial charge in [-0.05, 0) is 37.0 Å². The number of esters is 3. The van der Waals surface area contributed by atoms with Gasteiger partial charge in [0.15, 0.2) is 6.10 Å². The third kappa shape index (κ3) is 54.0. The SMILES string of the molecule is CCC(C)CCCCCCCCCCCCCCCCCCCCC(=O)O[C@@H](COC(=O)CCCCCCCCCCCCCCC(C)C)COC(=O)CCCCCCCCCCCCC(C)CC. The average molecular weight is 976 g/mol. The second-order valence-corrected chi connectivity index (χ2v) is 22.7. The van der Waals surface area contributed by atoms with E-state index in [1.54, 1.807) is 0 Å². The van der Waals surface area contributed by atoms with E-state index in [1.807, 2.05) is 0 Å². The minimum absolute atomic E-state index is 0.0632. The van der Waals surface area contributed by atoms with Gasteiger partial charge in [-0.25, -0.2) is 0 Å². The second kappa shape index (κ2) is 54.2. The summed E-state index contributed by atoms with van der Waals surface area (Å²) in [6, 6.07) is 0. The minimum Gasteiger partial charge on any atom is -0.462 e. The monoisotopic (exact) mass is 975 g/mol. The molecule has 6 nitrogen and oxygen atoms in total. The highest BCUT2D eigenvalue weighted by atomic mass is 16.6. The maximum absolute atomic E-state index is 12.9. The third-order valence-electron chi connectivity index (χ3n) is 15.1. The number of hydrogen-bond donors (Lipinski definition) is 0. The van der Waals surface area contributed by atoms with E-state index < -0.39 is 6.10 Å². The summed E-state index contributed by atoms with van der Waals surface area (Å²) >= 11 is 0. The minimum atomic E-state index is -0.764. The fourth-order valence-corrected chi connectivity index (χ4v) is 9.64. The molecule has 0 amide bonds. The Hall–Kier alpha value is -1.59. The molecule has 0 spiro atoms. The van der Waals surface area contributed by atoms with Crippen molar-refractivity contribution in [3.8, 4) is 0 Å². The summed E-state index contributed by atoms with van der Waals surface area (Å²) in [5.74, 6) is 1.77. The number of carbonyl (C=O) groups excluding carboxylic acids is 3. The Bertz CT molecular complexity index is 1070. The molecule has 69 heavy (non-hydrogen) atoms. The summed E-state index contributed by atoms with van der Waals surface area (Å²) in [7, 11) is 0. The number of rotatable bonds is 56. The van der Waals surface area contributed by atoms with Crippen LogP contribution in [0.4, 0.5) is 0 Å². The highest BCUT2D eigenvalue weighted by Gasteiger charge is 2.19. The summed E-state index contributed by atoms with van der Waals surface area (Å²) in [5, 5.41) is 0. The number of unbranched alkanes of at least 4 members (excludes halogenated alkanes) is 37. The van der Waals surface area contributed by atoms with Gasteiger partial charge in [-0.15, -0.1) is 0 Å². The largest absolute Gasteiger partial charge is 0.462 e. The highest BCUT2D eigenvalue weighted by molar-refractivity contribution is 5.71. The van der Waals surface area contributed by atoms with Crippen molar-refractivity contribution in [2.45, 2.75) is 356 Å². The van der Waals surface area contributed by atoms with E-state index in [1.165, 1.54) is 231 Å². The molecule has 0 bridgehead atoms. The van der Waals surface area contributed by atoms with Crippen molar-refractivity contribution in [3.63, 3.8) is 0 Å². The Balaban J connectivity index is 4.27. The van der Waals surface area contributed by atoms with Crippen LogP contribution in [0, 0.1) is 17.8 Å². The smallest absolute Gasteiger partial charge is 0.306 e. The second-order valence-electron chi connectivity index (χ2n) is 22.7. The first-order chi connectivity index (χ1) is 33.7. The first kappa shape index (κ1) is 67.4. The number of carbonyl (C=O) groups is 3. The van der Waals surface area contributed by atoms with E-state index >= 15 is 0 Å². The van der Waals surface area contributed by atoms with Gasteiger partial charge in [0.1, 0.15) is 13.2 Å². The molecule has 6 heteroatoms.